The van der Waals surface area contributed by atoms with Gasteiger partial charge in [-0.25, -0.2) is 4.68 Å². The van der Waals surface area contributed by atoms with Gasteiger partial charge in [0.25, 0.3) is 0 Å². The quantitative estimate of drug-likeness (QED) is 0.764. The topological polar surface area (TPSA) is 58.9 Å². The zero-order valence-electron chi connectivity index (χ0n) is 9.35. The number of likely N-dealkylation sites (tertiary alicyclic amines) is 1. The number of aryl methyl sites for hydroxylation is 1. The van der Waals surface area contributed by atoms with Crippen LogP contribution in [0.2, 0.25) is 0 Å². The SMILES string of the molecule is CC(CN1CCCC1)Nc1nnnn1C. The first-order valence-electron chi connectivity index (χ1n) is 5.47. The molecule has 0 radical (unpaired) electrons. The third kappa shape index (κ3) is 2.65. The number of aromatic nitrogens is 4. The number of hydrogen-bond acceptors (Lipinski definition) is 5. The molecule has 1 aromatic heterocycles. The zero-order valence-corrected chi connectivity index (χ0v) is 9.35. The summed E-state index contributed by atoms with van der Waals surface area (Å²) in [6, 6.07) is 0.382. The summed E-state index contributed by atoms with van der Waals surface area (Å²) in [4.78, 5) is 2.47. The fourth-order valence-electron chi connectivity index (χ4n) is 1.97. The van der Waals surface area contributed by atoms with Gasteiger partial charge in [-0.15, -0.1) is 0 Å². The Hall–Kier alpha value is -1.17. The van der Waals surface area contributed by atoms with Gasteiger partial charge in [0.2, 0.25) is 5.95 Å². The van der Waals surface area contributed by atoms with E-state index in [1.807, 2.05) is 7.05 Å². The minimum Gasteiger partial charge on any atom is -0.349 e. The molecule has 0 saturated carbocycles. The van der Waals surface area contributed by atoms with Crippen LogP contribution in [0.4, 0.5) is 5.95 Å². The fraction of sp³-hybridized carbons (Fsp3) is 0.889. The first-order valence-corrected chi connectivity index (χ1v) is 5.47. The van der Waals surface area contributed by atoms with Crippen LogP contribution in [0.25, 0.3) is 0 Å². The number of tetrazole rings is 1. The largest absolute Gasteiger partial charge is 0.349 e. The van der Waals surface area contributed by atoms with Gasteiger partial charge in [-0.2, -0.15) is 0 Å². The molecule has 1 atom stereocenters. The highest BCUT2D eigenvalue weighted by atomic mass is 15.6. The highest BCUT2D eigenvalue weighted by Crippen LogP contribution is 2.09. The van der Waals surface area contributed by atoms with Gasteiger partial charge < -0.3 is 10.2 Å². The van der Waals surface area contributed by atoms with E-state index in [1.165, 1.54) is 25.9 Å². The van der Waals surface area contributed by atoms with Crippen molar-refractivity contribution < 1.29 is 0 Å². The molecule has 0 aliphatic carbocycles. The van der Waals surface area contributed by atoms with Crippen molar-refractivity contribution in [2.75, 3.05) is 25.0 Å². The predicted molar refractivity (Wildman–Crippen MR) is 57.6 cm³/mol. The summed E-state index contributed by atoms with van der Waals surface area (Å²) >= 11 is 0. The molecule has 6 heteroatoms. The van der Waals surface area contributed by atoms with Gasteiger partial charge in [-0.3, -0.25) is 0 Å². The van der Waals surface area contributed by atoms with Crippen molar-refractivity contribution in [3.63, 3.8) is 0 Å². The third-order valence-corrected chi connectivity index (χ3v) is 2.73. The molecular formula is C9H18N6. The summed E-state index contributed by atoms with van der Waals surface area (Å²) in [5.41, 5.74) is 0. The van der Waals surface area contributed by atoms with Crippen molar-refractivity contribution in [3.05, 3.63) is 0 Å². The van der Waals surface area contributed by atoms with Crippen LogP contribution >= 0.6 is 0 Å². The summed E-state index contributed by atoms with van der Waals surface area (Å²) in [6.45, 7) is 5.67. The van der Waals surface area contributed by atoms with Crippen LogP contribution in [0.3, 0.4) is 0 Å². The molecule has 0 spiro atoms. The van der Waals surface area contributed by atoms with E-state index in [9.17, 15) is 0 Å². The lowest BCUT2D eigenvalue weighted by molar-refractivity contribution is 0.327. The van der Waals surface area contributed by atoms with Crippen LogP contribution in [0.15, 0.2) is 0 Å². The van der Waals surface area contributed by atoms with Crippen molar-refractivity contribution >= 4 is 5.95 Å². The number of hydrogen-bond donors (Lipinski definition) is 1. The third-order valence-electron chi connectivity index (χ3n) is 2.73. The van der Waals surface area contributed by atoms with Gasteiger partial charge in [0.05, 0.1) is 0 Å². The predicted octanol–water partition coefficient (Wildman–Crippen LogP) is 0.106. The van der Waals surface area contributed by atoms with Gasteiger partial charge in [0, 0.05) is 19.6 Å². The maximum Gasteiger partial charge on any atom is 0.242 e. The fourth-order valence-corrected chi connectivity index (χ4v) is 1.97. The molecule has 2 rings (SSSR count). The summed E-state index contributed by atoms with van der Waals surface area (Å²) in [5.74, 6) is 0.738. The molecule has 1 aliphatic heterocycles. The molecule has 1 N–H and O–H groups in total. The lowest BCUT2D eigenvalue weighted by Crippen LogP contribution is -2.33. The molecule has 1 fully saturated rings. The Balaban J connectivity index is 1.81. The maximum absolute atomic E-state index is 3.90. The standard InChI is InChI=1S/C9H18N6/c1-8(7-15-5-3-4-6-15)10-9-11-12-13-14(9)2/h8H,3-7H2,1-2H3,(H,10,11,13). The van der Waals surface area contributed by atoms with Crippen molar-refractivity contribution in [2.45, 2.75) is 25.8 Å². The van der Waals surface area contributed by atoms with Crippen LogP contribution < -0.4 is 5.32 Å². The number of rotatable bonds is 4. The van der Waals surface area contributed by atoms with Gasteiger partial charge in [0.15, 0.2) is 0 Å². The molecule has 6 nitrogen and oxygen atoms in total. The number of nitrogens with one attached hydrogen (secondary N) is 1. The van der Waals surface area contributed by atoms with Crippen LogP contribution in [0, 0.1) is 0 Å². The molecule has 84 valence electrons. The van der Waals surface area contributed by atoms with Crippen molar-refractivity contribution in [2.24, 2.45) is 7.05 Å². The first kappa shape index (κ1) is 10.4. The molecule has 0 aromatic carbocycles. The van der Waals surface area contributed by atoms with E-state index >= 15 is 0 Å². The summed E-state index contributed by atoms with van der Waals surface area (Å²) in [5, 5.41) is 14.6. The van der Waals surface area contributed by atoms with Gasteiger partial charge >= 0.3 is 0 Å². The smallest absolute Gasteiger partial charge is 0.242 e. The van der Waals surface area contributed by atoms with E-state index in [2.05, 4.69) is 32.7 Å². The lowest BCUT2D eigenvalue weighted by atomic mass is 10.3. The highest BCUT2D eigenvalue weighted by molar-refractivity contribution is 5.22. The molecule has 0 bridgehead atoms. The monoisotopic (exact) mass is 210 g/mol. The lowest BCUT2D eigenvalue weighted by Gasteiger charge is -2.20. The Morgan fingerprint density at radius 1 is 1.40 bits per heavy atom. The Morgan fingerprint density at radius 3 is 2.73 bits per heavy atom. The van der Waals surface area contributed by atoms with E-state index in [0.29, 0.717) is 6.04 Å². The van der Waals surface area contributed by atoms with E-state index in [4.69, 9.17) is 0 Å². The molecule has 15 heavy (non-hydrogen) atoms. The summed E-state index contributed by atoms with van der Waals surface area (Å²) in [7, 11) is 1.84. The van der Waals surface area contributed by atoms with Gasteiger partial charge in [-0.1, -0.05) is 5.10 Å². The molecule has 1 aliphatic rings. The van der Waals surface area contributed by atoms with Crippen LogP contribution in [-0.4, -0.2) is 50.8 Å². The Morgan fingerprint density at radius 2 is 2.13 bits per heavy atom. The van der Waals surface area contributed by atoms with Crippen LogP contribution in [0.1, 0.15) is 19.8 Å². The van der Waals surface area contributed by atoms with Crippen LogP contribution in [0.5, 0.6) is 0 Å². The van der Waals surface area contributed by atoms with Gasteiger partial charge in [-0.05, 0) is 43.3 Å². The Labute approximate surface area is 89.6 Å². The second-order valence-electron chi connectivity index (χ2n) is 4.18. The zero-order chi connectivity index (χ0) is 10.7. The second-order valence-corrected chi connectivity index (χ2v) is 4.18. The first-order chi connectivity index (χ1) is 7.25. The van der Waals surface area contributed by atoms with E-state index < -0.39 is 0 Å². The van der Waals surface area contributed by atoms with Crippen molar-refractivity contribution in [1.82, 2.24) is 25.1 Å². The van der Waals surface area contributed by atoms with E-state index in [0.717, 1.165) is 12.5 Å². The number of anilines is 1. The minimum atomic E-state index is 0.382. The average Bonchev–Trinajstić information content (AvgIpc) is 2.79. The molecule has 0 amide bonds. The van der Waals surface area contributed by atoms with E-state index in [-0.39, 0.29) is 0 Å². The molecule has 1 aromatic rings. The molecular weight excluding hydrogens is 192 g/mol. The number of nitrogens with zero attached hydrogens (tertiary/aromatic N) is 5. The Kier molecular flexibility index (Phi) is 3.15. The van der Waals surface area contributed by atoms with Crippen molar-refractivity contribution in [3.8, 4) is 0 Å². The summed E-state index contributed by atoms with van der Waals surface area (Å²) < 4.78 is 1.65. The minimum absolute atomic E-state index is 0.382. The van der Waals surface area contributed by atoms with Crippen molar-refractivity contribution in [1.29, 1.82) is 0 Å². The molecule has 2 heterocycles. The highest BCUT2D eigenvalue weighted by Gasteiger charge is 2.15. The second kappa shape index (κ2) is 4.57. The average molecular weight is 210 g/mol. The summed E-state index contributed by atoms with van der Waals surface area (Å²) in [6.07, 6.45) is 2.66. The maximum atomic E-state index is 3.90. The normalized spacial score (nSPS) is 19.3. The van der Waals surface area contributed by atoms with Gasteiger partial charge in [0.1, 0.15) is 0 Å². The molecule has 1 saturated heterocycles. The molecule has 1 unspecified atom stereocenters. The van der Waals surface area contributed by atoms with Crippen LogP contribution in [-0.2, 0) is 7.05 Å². The van der Waals surface area contributed by atoms with E-state index in [1.54, 1.807) is 4.68 Å². The Bertz CT molecular complexity index is 303.